The number of hydrogen-bond donors (Lipinski definition) is 1. The largest absolute Gasteiger partial charge is 0.381 e. The zero-order valence-corrected chi connectivity index (χ0v) is 13.5. The highest BCUT2D eigenvalue weighted by Crippen LogP contribution is 2.42. The van der Waals surface area contributed by atoms with Gasteiger partial charge in [-0.3, -0.25) is 10.3 Å². The molecule has 8 unspecified atom stereocenters. The minimum absolute atomic E-state index is 0.177. The lowest BCUT2D eigenvalue weighted by atomic mass is 9.72. The third-order valence-electron chi connectivity index (χ3n) is 6.58. The van der Waals surface area contributed by atoms with Gasteiger partial charge in [0.1, 0.15) is 19.1 Å². The van der Waals surface area contributed by atoms with Crippen molar-refractivity contribution in [1.29, 1.82) is 0 Å². The molecule has 0 saturated carbocycles. The zero-order valence-electron chi connectivity index (χ0n) is 13.5. The maximum atomic E-state index is 5.72. The fraction of sp³-hybridized carbons (Fsp3) is 0.833. The Kier molecular flexibility index (Phi) is 3.78. The summed E-state index contributed by atoms with van der Waals surface area (Å²) in [6, 6.07) is 0. The van der Waals surface area contributed by atoms with Gasteiger partial charge in [-0.1, -0.05) is 12.2 Å². The molecule has 0 aromatic heterocycles. The summed E-state index contributed by atoms with van der Waals surface area (Å²) in [4.78, 5) is 4.87. The molecule has 0 amide bonds. The summed E-state index contributed by atoms with van der Waals surface area (Å²) in [6.07, 6.45) is 11.1. The SMILES string of the molecule is C1=CC2OCOC2CC1C1C=NC2NCC(C3CCOC3)C2C1. The van der Waals surface area contributed by atoms with Crippen LogP contribution in [0.3, 0.4) is 0 Å². The second kappa shape index (κ2) is 5.96. The molecule has 23 heavy (non-hydrogen) atoms. The minimum atomic E-state index is 0.177. The first-order valence-electron chi connectivity index (χ1n) is 9.14. The van der Waals surface area contributed by atoms with Gasteiger partial charge in [0.2, 0.25) is 0 Å². The summed E-state index contributed by atoms with van der Waals surface area (Å²) in [5.41, 5.74) is 0. The number of aliphatic imine (C=N–C) groups is 1. The van der Waals surface area contributed by atoms with Gasteiger partial charge in [-0.15, -0.1) is 0 Å². The molecule has 0 spiro atoms. The number of fused-ring (bicyclic) bond motifs is 2. The third-order valence-corrected chi connectivity index (χ3v) is 6.58. The molecule has 0 radical (unpaired) electrons. The lowest BCUT2D eigenvalue weighted by Crippen LogP contribution is -2.38. The Bertz CT molecular complexity index is 502. The van der Waals surface area contributed by atoms with E-state index >= 15 is 0 Å². The Hall–Kier alpha value is -0.750. The molecule has 0 aromatic rings. The van der Waals surface area contributed by atoms with E-state index in [0.29, 0.717) is 30.7 Å². The Morgan fingerprint density at radius 2 is 2.04 bits per heavy atom. The summed E-state index contributed by atoms with van der Waals surface area (Å²) >= 11 is 0. The van der Waals surface area contributed by atoms with Crippen molar-refractivity contribution in [2.24, 2.45) is 34.6 Å². The lowest BCUT2D eigenvalue weighted by Gasteiger charge is -2.36. The van der Waals surface area contributed by atoms with E-state index < -0.39 is 0 Å². The van der Waals surface area contributed by atoms with Crippen LogP contribution >= 0.6 is 0 Å². The van der Waals surface area contributed by atoms with Crippen LogP contribution in [0, 0.1) is 29.6 Å². The second-order valence-corrected chi connectivity index (χ2v) is 7.74. The molecule has 5 rings (SSSR count). The van der Waals surface area contributed by atoms with Crippen LogP contribution in [-0.2, 0) is 14.2 Å². The number of nitrogens with one attached hydrogen (secondary N) is 1. The molecule has 0 bridgehead atoms. The third kappa shape index (κ3) is 2.58. The smallest absolute Gasteiger partial charge is 0.148 e. The molecule has 0 aromatic carbocycles. The maximum Gasteiger partial charge on any atom is 0.148 e. The van der Waals surface area contributed by atoms with Gasteiger partial charge in [0.05, 0.1) is 6.10 Å². The van der Waals surface area contributed by atoms with E-state index in [2.05, 4.69) is 23.7 Å². The molecule has 8 atom stereocenters. The van der Waals surface area contributed by atoms with E-state index in [1.807, 2.05) is 0 Å². The second-order valence-electron chi connectivity index (χ2n) is 7.74. The van der Waals surface area contributed by atoms with E-state index in [-0.39, 0.29) is 12.2 Å². The molecule has 1 N–H and O–H groups in total. The van der Waals surface area contributed by atoms with Gasteiger partial charge in [0.25, 0.3) is 0 Å². The predicted molar refractivity (Wildman–Crippen MR) is 86.2 cm³/mol. The topological polar surface area (TPSA) is 52.1 Å². The number of nitrogens with zero attached hydrogens (tertiary/aromatic N) is 1. The first-order valence-corrected chi connectivity index (χ1v) is 9.14. The fourth-order valence-corrected chi connectivity index (χ4v) is 5.24. The van der Waals surface area contributed by atoms with Crippen molar-refractivity contribution < 1.29 is 14.2 Å². The van der Waals surface area contributed by atoms with Crippen LogP contribution in [0.4, 0.5) is 0 Å². The number of hydrogen-bond acceptors (Lipinski definition) is 5. The Morgan fingerprint density at radius 1 is 1.04 bits per heavy atom. The summed E-state index contributed by atoms with van der Waals surface area (Å²) in [7, 11) is 0. The highest BCUT2D eigenvalue weighted by Gasteiger charge is 2.45. The van der Waals surface area contributed by atoms with Gasteiger partial charge in [0, 0.05) is 31.9 Å². The average molecular weight is 318 g/mol. The van der Waals surface area contributed by atoms with Crippen molar-refractivity contribution in [2.75, 3.05) is 26.6 Å². The molecule has 1 aliphatic carbocycles. The standard InChI is InChI=1S/C18H26N2O3/c1-2-16-17(23-10-22-16)6-11(1)13-5-14-15(12-3-4-21-9-12)8-20-18(14)19-7-13/h1-2,7,11-18,20H,3-6,8-10H2. The summed E-state index contributed by atoms with van der Waals surface area (Å²) in [5.74, 6) is 3.22. The Morgan fingerprint density at radius 3 is 2.96 bits per heavy atom. The molecule has 126 valence electrons. The van der Waals surface area contributed by atoms with Crippen LogP contribution < -0.4 is 5.32 Å². The van der Waals surface area contributed by atoms with Gasteiger partial charge >= 0.3 is 0 Å². The summed E-state index contributed by atoms with van der Waals surface area (Å²) in [5, 5.41) is 3.63. The van der Waals surface area contributed by atoms with Crippen LogP contribution in [0.5, 0.6) is 0 Å². The molecule has 5 aliphatic rings. The minimum Gasteiger partial charge on any atom is -0.381 e. The van der Waals surface area contributed by atoms with E-state index in [9.17, 15) is 0 Å². The molecule has 4 heterocycles. The van der Waals surface area contributed by atoms with Crippen molar-refractivity contribution in [2.45, 2.75) is 37.6 Å². The van der Waals surface area contributed by atoms with Gasteiger partial charge in [-0.2, -0.15) is 0 Å². The van der Waals surface area contributed by atoms with E-state index in [0.717, 1.165) is 38.0 Å². The maximum absolute atomic E-state index is 5.72. The number of ether oxygens (including phenoxy) is 3. The zero-order chi connectivity index (χ0) is 15.2. The van der Waals surface area contributed by atoms with Crippen molar-refractivity contribution in [3.05, 3.63) is 12.2 Å². The van der Waals surface area contributed by atoms with Crippen LogP contribution in [0.1, 0.15) is 19.3 Å². The predicted octanol–water partition coefficient (Wildman–Crippen LogP) is 1.59. The molecule has 4 aliphatic heterocycles. The quantitative estimate of drug-likeness (QED) is 0.786. The van der Waals surface area contributed by atoms with E-state index in [1.54, 1.807) is 0 Å². The van der Waals surface area contributed by atoms with E-state index in [4.69, 9.17) is 19.2 Å². The van der Waals surface area contributed by atoms with Crippen molar-refractivity contribution in [3.8, 4) is 0 Å². The van der Waals surface area contributed by atoms with Crippen molar-refractivity contribution in [3.63, 3.8) is 0 Å². The van der Waals surface area contributed by atoms with Crippen LogP contribution in [0.15, 0.2) is 17.1 Å². The fourth-order valence-electron chi connectivity index (χ4n) is 5.24. The van der Waals surface area contributed by atoms with Gasteiger partial charge in [0.15, 0.2) is 0 Å². The van der Waals surface area contributed by atoms with Crippen LogP contribution in [0.25, 0.3) is 0 Å². The summed E-state index contributed by atoms with van der Waals surface area (Å²) in [6.45, 7) is 3.44. The normalized spacial score (nSPS) is 51.8. The first kappa shape index (κ1) is 14.6. The summed E-state index contributed by atoms with van der Waals surface area (Å²) < 4.78 is 16.9. The molecule has 3 fully saturated rings. The first-order chi connectivity index (χ1) is 11.4. The number of rotatable bonds is 2. The Balaban J connectivity index is 1.30. The highest BCUT2D eigenvalue weighted by molar-refractivity contribution is 5.63. The molecule has 5 nitrogen and oxygen atoms in total. The average Bonchev–Trinajstić information content (AvgIpc) is 3.32. The van der Waals surface area contributed by atoms with Crippen LogP contribution in [-0.4, -0.2) is 51.1 Å². The van der Waals surface area contributed by atoms with Crippen LogP contribution in [0.2, 0.25) is 0 Å². The van der Waals surface area contributed by atoms with Crippen molar-refractivity contribution >= 4 is 6.21 Å². The monoisotopic (exact) mass is 318 g/mol. The highest BCUT2D eigenvalue weighted by atomic mass is 16.7. The lowest BCUT2D eigenvalue weighted by molar-refractivity contribution is 0.0388. The van der Waals surface area contributed by atoms with Crippen molar-refractivity contribution in [1.82, 2.24) is 5.32 Å². The van der Waals surface area contributed by atoms with Gasteiger partial charge < -0.3 is 14.2 Å². The van der Waals surface area contributed by atoms with Gasteiger partial charge in [-0.05, 0) is 42.9 Å². The molecule has 3 saturated heterocycles. The molecular weight excluding hydrogens is 292 g/mol. The number of allylic oxidation sites excluding steroid dienone is 1. The molecular formula is C18H26N2O3. The van der Waals surface area contributed by atoms with Gasteiger partial charge in [-0.25, -0.2) is 0 Å². The molecule has 5 heteroatoms. The Labute approximate surface area is 137 Å². The van der Waals surface area contributed by atoms with E-state index in [1.165, 1.54) is 12.8 Å².